The highest BCUT2D eigenvalue weighted by Gasteiger charge is 2.24. The Balaban J connectivity index is 1.73. The van der Waals surface area contributed by atoms with Crippen LogP contribution in [-0.4, -0.2) is 17.1 Å². The summed E-state index contributed by atoms with van der Waals surface area (Å²) in [6.07, 6.45) is 5.26. The molecule has 1 aromatic carbocycles. The van der Waals surface area contributed by atoms with Gasteiger partial charge in [0.15, 0.2) is 0 Å². The molecule has 3 aromatic rings. The monoisotopic (exact) mass is 321 g/mol. The third kappa shape index (κ3) is 2.48. The standard InChI is InChI=1S/C19H16FN3O/c1-24-18-10-21-8-7-16(18)19-17-12-23(11-13(17)6-9-22-19)15-4-2-14(20)3-5-15/h2-10H,11-12H2,1H3. The van der Waals surface area contributed by atoms with Crippen molar-refractivity contribution in [2.75, 3.05) is 12.0 Å². The van der Waals surface area contributed by atoms with Crippen LogP contribution in [0.5, 0.6) is 5.75 Å². The fourth-order valence-electron chi connectivity index (χ4n) is 3.11. The van der Waals surface area contributed by atoms with Crippen LogP contribution in [0, 0.1) is 5.82 Å². The first-order valence-corrected chi connectivity index (χ1v) is 7.72. The largest absolute Gasteiger partial charge is 0.494 e. The Bertz CT molecular complexity index is 880. The molecule has 0 bridgehead atoms. The van der Waals surface area contributed by atoms with Gasteiger partial charge in [0.1, 0.15) is 11.6 Å². The lowest BCUT2D eigenvalue weighted by atomic mass is 10.0. The molecule has 1 aliphatic rings. The number of benzene rings is 1. The number of methoxy groups -OCH3 is 1. The van der Waals surface area contributed by atoms with Gasteiger partial charge in [-0.25, -0.2) is 4.39 Å². The van der Waals surface area contributed by atoms with Gasteiger partial charge in [-0.3, -0.25) is 9.97 Å². The van der Waals surface area contributed by atoms with Crippen LogP contribution in [0.2, 0.25) is 0 Å². The van der Waals surface area contributed by atoms with Crippen molar-refractivity contribution in [2.24, 2.45) is 0 Å². The van der Waals surface area contributed by atoms with Crippen molar-refractivity contribution in [1.82, 2.24) is 9.97 Å². The van der Waals surface area contributed by atoms with E-state index in [4.69, 9.17) is 4.74 Å². The summed E-state index contributed by atoms with van der Waals surface area (Å²) in [6.45, 7) is 1.51. The molecule has 0 unspecified atom stereocenters. The highest BCUT2D eigenvalue weighted by molar-refractivity contribution is 5.72. The summed E-state index contributed by atoms with van der Waals surface area (Å²) in [5.74, 6) is 0.484. The van der Waals surface area contributed by atoms with Crippen LogP contribution in [0.25, 0.3) is 11.3 Å². The van der Waals surface area contributed by atoms with E-state index in [0.717, 1.165) is 30.0 Å². The number of pyridine rings is 2. The summed E-state index contributed by atoms with van der Waals surface area (Å²) in [5, 5.41) is 0. The first kappa shape index (κ1) is 14.6. The molecule has 0 N–H and O–H groups in total. The van der Waals surface area contributed by atoms with Crippen molar-refractivity contribution in [1.29, 1.82) is 0 Å². The summed E-state index contributed by atoms with van der Waals surface area (Å²) in [6, 6.07) is 10.5. The molecule has 1 aliphatic heterocycles. The van der Waals surface area contributed by atoms with Crippen molar-refractivity contribution in [3.8, 4) is 17.0 Å². The van der Waals surface area contributed by atoms with E-state index in [2.05, 4.69) is 14.9 Å². The molecule has 0 saturated heterocycles. The maximum Gasteiger partial charge on any atom is 0.146 e. The second-order valence-electron chi connectivity index (χ2n) is 5.71. The quantitative estimate of drug-likeness (QED) is 0.735. The fraction of sp³-hybridized carbons (Fsp3) is 0.158. The van der Waals surface area contributed by atoms with Gasteiger partial charge in [-0.2, -0.15) is 0 Å². The Morgan fingerprint density at radius 3 is 2.67 bits per heavy atom. The summed E-state index contributed by atoms with van der Waals surface area (Å²) in [4.78, 5) is 10.9. The normalized spacial score (nSPS) is 13.0. The van der Waals surface area contributed by atoms with Gasteiger partial charge in [-0.15, -0.1) is 0 Å². The Labute approximate surface area is 139 Å². The number of hydrogen-bond acceptors (Lipinski definition) is 4. The number of fused-ring (bicyclic) bond motifs is 1. The molecule has 4 nitrogen and oxygen atoms in total. The maximum atomic E-state index is 13.2. The Morgan fingerprint density at radius 2 is 1.88 bits per heavy atom. The number of halogens is 1. The lowest BCUT2D eigenvalue weighted by Gasteiger charge is -2.17. The van der Waals surface area contributed by atoms with Crippen molar-refractivity contribution >= 4 is 5.69 Å². The lowest BCUT2D eigenvalue weighted by molar-refractivity contribution is 0.414. The summed E-state index contributed by atoms with van der Waals surface area (Å²) in [7, 11) is 1.63. The van der Waals surface area contributed by atoms with Crippen LogP contribution in [0.3, 0.4) is 0 Å². The number of anilines is 1. The number of ether oxygens (including phenoxy) is 1. The number of nitrogens with zero attached hydrogens (tertiary/aromatic N) is 3. The van der Waals surface area contributed by atoms with Crippen molar-refractivity contribution in [3.63, 3.8) is 0 Å². The van der Waals surface area contributed by atoms with E-state index >= 15 is 0 Å². The molecule has 3 heterocycles. The molecule has 2 aromatic heterocycles. The second kappa shape index (κ2) is 5.92. The third-order valence-corrected chi connectivity index (χ3v) is 4.31. The molecule has 0 saturated carbocycles. The summed E-state index contributed by atoms with van der Waals surface area (Å²) < 4.78 is 18.6. The van der Waals surface area contributed by atoms with Crippen LogP contribution in [0.4, 0.5) is 10.1 Å². The second-order valence-corrected chi connectivity index (χ2v) is 5.71. The smallest absolute Gasteiger partial charge is 0.146 e. The zero-order valence-corrected chi connectivity index (χ0v) is 13.2. The number of hydrogen-bond donors (Lipinski definition) is 0. The fourth-order valence-corrected chi connectivity index (χ4v) is 3.11. The minimum atomic E-state index is -0.223. The Kier molecular flexibility index (Phi) is 3.61. The molecule has 0 radical (unpaired) electrons. The topological polar surface area (TPSA) is 38.3 Å². The van der Waals surface area contributed by atoms with Gasteiger partial charge in [0.2, 0.25) is 0 Å². The van der Waals surface area contributed by atoms with Gasteiger partial charge in [0.25, 0.3) is 0 Å². The van der Waals surface area contributed by atoms with Crippen LogP contribution < -0.4 is 9.64 Å². The molecule has 24 heavy (non-hydrogen) atoms. The molecular formula is C19H16FN3O. The minimum Gasteiger partial charge on any atom is -0.494 e. The molecule has 0 atom stereocenters. The van der Waals surface area contributed by atoms with Gasteiger partial charge in [0, 0.05) is 42.3 Å². The van der Waals surface area contributed by atoms with E-state index < -0.39 is 0 Å². The SMILES string of the molecule is COc1cnccc1-c1nccc2c1CN(c1ccc(F)cc1)C2. The molecule has 0 spiro atoms. The van der Waals surface area contributed by atoms with Gasteiger partial charge in [-0.05, 0) is 42.0 Å². The predicted octanol–water partition coefficient (Wildman–Crippen LogP) is 3.81. The summed E-state index contributed by atoms with van der Waals surface area (Å²) >= 11 is 0. The Hall–Kier alpha value is -2.95. The van der Waals surface area contributed by atoms with Crippen molar-refractivity contribution in [3.05, 3.63) is 71.9 Å². The van der Waals surface area contributed by atoms with Gasteiger partial charge in [0.05, 0.1) is 19.0 Å². The van der Waals surface area contributed by atoms with Crippen LogP contribution in [0.15, 0.2) is 55.0 Å². The molecular weight excluding hydrogens is 305 g/mol. The molecule has 5 heteroatoms. The highest BCUT2D eigenvalue weighted by Crippen LogP contribution is 2.36. The third-order valence-electron chi connectivity index (χ3n) is 4.31. The maximum absolute atomic E-state index is 13.2. The number of aromatic nitrogens is 2. The molecule has 4 rings (SSSR count). The van der Waals surface area contributed by atoms with E-state index in [1.54, 1.807) is 31.6 Å². The number of rotatable bonds is 3. The van der Waals surface area contributed by atoms with E-state index in [1.807, 2.05) is 18.3 Å². The average Bonchev–Trinajstić information content (AvgIpc) is 3.06. The highest BCUT2D eigenvalue weighted by atomic mass is 19.1. The zero-order valence-electron chi connectivity index (χ0n) is 13.2. The summed E-state index contributed by atoms with van der Waals surface area (Å²) in [5.41, 5.74) is 5.25. The van der Waals surface area contributed by atoms with Crippen molar-refractivity contribution in [2.45, 2.75) is 13.1 Å². The van der Waals surface area contributed by atoms with Crippen LogP contribution >= 0.6 is 0 Å². The van der Waals surface area contributed by atoms with Crippen LogP contribution in [0.1, 0.15) is 11.1 Å². The van der Waals surface area contributed by atoms with E-state index in [1.165, 1.54) is 23.3 Å². The first-order chi connectivity index (χ1) is 11.8. The lowest BCUT2D eigenvalue weighted by Crippen LogP contribution is -2.14. The zero-order chi connectivity index (χ0) is 16.5. The molecule has 0 aliphatic carbocycles. The van der Waals surface area contributed by atoms with Gasteiger partial charge in [-0.1, -0.05) is 0 Å². The predicted molar refractivity (Wildman–Crippen MR) is 90.3 cm³/mol. The Morgan fingerprint density at radius 1 is 1.04 bits per heavy atom. The first-order valence-electron chi connectivity index (χ1n) is 7.72. The molecule has 0 amide bonds. The van der Waals surface area contributed by atoms with E-state index in [0.29, 0.717) is 5.75 Å². The molecule has 0 fully saturated rings. The molecule has 120 valence electrons. The van der Waals surface area contributed by atoms with Gasteiger partial charge >= 0.3 is 0 Å². The van der Waals surface area contributed by atoms with Crippen LogP contribution in [-0.2, 0) is 13.1 Å². The van der Waals surface area contributed by atoms with Crippen molar-refractivity contribution < 1.29 is 9.13 Å². The minimum absolute atomic E-state index is 0.223. The van der Waals surface area contributed by atoms with Gasteiger partial charge < -0.3 is 9.64 Å². The average molecular weight is 321 g/mol. The van der Waals surface area contributed by atoms with E-state index in [-0.39, 0.29) is 5.82 Å². The van der Waals surface area contributed by atoms with E-state index in [9.17, 15) is 4.39 Å².